The summed E-state index contributed by atoms with van der Waals surface area (Å²) in [6, 6.07) is 15.3. The van der Waals surface area contributed by atoms with E-state index < -0.39 is 35.6 Å². The number of hydrogen-bond donors (Lipinski definition) is 4. The molecule has 0 spiro atoms. The van der Waals surface area contributed by atoms with Crippen molar-refractivity contribution < 1.29 is 29.3 Å². The molecule has 3 rings (SSSR count). The number of phenols is 2. The number of halogens is 1. The number of nitrogens with zero attached hydrogens (tertiary/aromatic N) is 1. The number of anilines is 1. The maximum absolute atomic E-state index is 14.3. The summed E-state index contributed by atoms with van der Waals surface area (Å²) >= 11 is 6.40. The molecule has 0 aliphatic heterocycles. The molecular weight excluding hydrogens is 558 g/mol. The van der Waals surface area contributed by atoms with Crippen molar-refractivity contribution in [3.05, 3.63) is 88.4 Å². The summed E-state index contributed by atoms with van der Waals surface area (Å²) in [5, 5.41) is 25.9. The highest BCUT2D eigenvalue weighted by atomic mass is 35.5. The van der Waals surface area contributed by atoms with Gasteiger partial charge in [-0.25, -0.2) is 4.79 Å². The monoisotopic (exact) mass is 595 g/mol. The number of carbonyl (C=O) groups excluding carboxylic acids is 3. The van der Waals surface area contributed by atoms with Gasteiger partial charge in [-0.2, -0.15) is 0 Å². The minimum atomic E-state index is -1.18. The van der Waals surface area contributed by atoms with E-state index in [1.807, 2.05) is 6.92 Å². The van der Waals surface area contributed by atoms with Gasteiger partial charge in [0.2, 0.25) is 5.91 Å². The standard InChI is InChI=1S/C32H38ClN3O6/c1-6-17-36(30(40)26(34-31(41)42-32(3,4)5)18-21-13-15-23(37)16-14-21)28(22-10-8-11-24(38)19-22)29(39)35-27-20(2)9-7-12-25(27)33/h7-16,19,26,28,37-38H,6,17-18H2,1-5H3,(H,34,41)(H,35,39). The summed E-state index contributed by atoms with van der Waals surface area (Å²) in [6.07, 6.45) is -0.227. The lowest BCUT2D eigenvalue weighted by Crippen LogP contribution is -2.53. The molecule has 224 valence electrons. The third-order valence-electron chi connectivity index (χ3n) is 6.33. The van der Waals surface area contributed by atoms with E-state index in [1.54, 1.807) is 70.2 Å². The number of aryl methyl sites for hydroxylation is 1. The Hall–Kier alpha value is -4.24. The highest BCUT2D eigenvalue weighted by Crippen LogP contribution is 2.31. The lowest BCUT2D eigenvalue weighted by molar-refractivity contribution is -0.140. The topological polar surface area (TPSA) is 128 Å². The van der Waals surface area contributed by atoms with Crippen LogP contribution in [0.4, 0.5) is 10.5 Å². The van der Waals surface area contributed by atoms with Crippen molar-refractivity contribution in [1.29, 1.82) is 0 Å². The molecule has 3 aromatic rings. The number of hydrogen-bond acceptors (Lipinski definition) is 6. The second-order valence-corrected chi connectivity index (χ2v) is 11.4. The minimum Gasteiger partial charge on any atom is -0.508 e. The van der Waals surface area contributed by atoms with Crippen molar-refractivity contribution >= 4 is 35.2 Å². The van der Waals surface area contributed by atoms with Crippen LogP contribution in [-0.2, 0) is 20.7 Å². The number of para-hydroxylation sites is 1. The van der Waals surface area contributed by atoms with Crippen molar-refractivity contribution in [2.45, 2.75) is 65.1 Å². The van der Waals surface area contributed by atoms with Gasteiger partial charge in [-0.3, -0.25) is 9.59 Å². The Bertz CT molecular complexity index is 1380. The predicted molar refractivity (Wildman–Crippen MR) is 163 cm³/mol. The zero-order valence-electron chi connectivity index (χ0n) is 24.5. The van der Waals surface area contributed by atoms with Gasteiger partial charge in [0.1, 0.15) is 29.2 Å². The van der Waals surface area contributed by atoms with Crippen LogP contribution < -0.4 is 10.6 Å². The average Bonchev–Trinajstić information content (AvgIpc) is 2.90. The fraction of sp³-hybridized carbons (Fsp3) is 0.344. The van der Waals surface area contributed by atoms with Crippen LogP contribution in [0, 0.1) is 6.92 Å². The number of amides is 3. The smallest absolute Gasteiger partial charge is 0.408 e. The van der Waals surface area contributed by atoms with Crippen molar-refractivity contribution in [3.8, 4) is 11.5 Å². The van der Waals surface area contributed by atoms with Gasteiger partial charge in [0.05, 0.1) is 10.7 Å². The quantitative estimate of drug-likeness (QED) is 0.224. The molecular formula is C32H38ClN3O6. The molecule has 0 radical (unpaired) electrons. The van der Waals surface area contributed by atoms with E-state index >= 15 is 0 Å². The first kappa shape index (κ1) is 32.3. The highest BCUT2D eigenvalue weighted by Gasteiger charge is 2.36. The largest absolute Gasteiger partial charge is 0.508 e. The Kier molecular flexibility index (Phi) is 10.8. The van der Waals surface area contributed by atoms with Crippen molar-refractivity contribution in [3.63, 3.8) is 0 Å². The van der Waals surface area contributed by atoms with Crippen LogP contribution in [0.3, 0.4) is 0 Å². The summed E-state index contributed by atoms with van der Waals surface area (Å²) in [6.45, 7) is 8.98. The van der Waals surface area contributed by atoms with Crippen LogP contribution in [0.2, 0.25) is 5.02 Å². The van der Waals surface area contributed by atoms with Gasteiger partial charge >= 0.3 is 6.09 Å². The average molecular weight is 596 g/mol. The second-order valence-electron chi connectivity index (χ2n) is 11.0. The molecule has 0 bridgehead atoms. The summed E-state index contributed by atoms with van der Waals surface area (Å²) in [4.78, 5) is 42.6. The Morgan fingerprint density at radius 1 is 0.976 bits per heavy atom. The lowest BCUT2D eigenvalue weighted by atomic mass is 9.99. The maximum Gasteiger partial charge on any atom is 0.408 e. The highest BCUT2D eigenvalue weighted by molar-refractivity contribution is 6.34. The predicted octanol–water partition coefficient (Wildman–Crippen LogP) is 6.11. The van der Waals surface area contributed by atoms with Crippen LogP contribution in [0.15, 0.2) is 66.7 Å². The van der Waals surface area contributed by atoms with Crippen molar-refractivity contribution in [1.82, 2.24) is 10.2 Å². The van der Waals surface area contributed by atoms with Gasteiger partial charge in [0.25, 0.3) is 5.91 Å². The molecule has 0 saturated carbocycles. The molecule has 3 aromatic carbocycles. The molecule has 3 amide bonds. The van der Waals surface area contributed by atoms with Gasteiger partial charge in [-0.1, -0.05) is 54.9 Å². The van der Waals surface area contributed by atoms with E-state index in [1.165, 1.54) is 29.2 Å². The van der Waals surface area contributed by atoms with Crippen LogP contribution >= 0.6 is 11.6 Å². The molecule has 0 aromatic heterocycles. The Labute approximate surface area is 251 Å². The van der Waals surface area contributed by atoms with Crippen LogP contribution in [0.25, 0.3) is 0 Å². The fourth-order valence-electron chi connectivity index (χ4n) is 4.47. The number of carbonyl (C=O) groups is 3. The Morgan fingerprint density at radius 3 is 2.24 bits per heavy atom. The first-order valence-electron chi connectivity index (χ1n) is 13.7. The molecule has 4 N–H and O–H groups in total. The Balaban J connectivity index is 2.07. The molecule has 0 fully saturated rings. The van der Waals surface area contributed by atoms with Crippen molar-refractivity contribution in [2.24, 2.45) is 0 Å². The first-order valence-corrected chi connectivity index (χ1v) is 14.1. The molecule has 0 aliphatic rings. The van der Waals surface area contributed by atoms with E-state index in [2.05, 4.69) is 10.6 Å². The van der Waals surface area contributed by atoms with Crippen molar-refractivity contribution in [2.75, 3.05) is 11.9 Å². The van der Waals surface area contributed by atoms with Crippen LogP contribution in [0.1, 0.15) is 56.8 Å². The summed E-state index contributed by atoms with van der Waals surface area (Å²) in [7, 11) is 0. The number of alkyl carbamates (subject to hydrolysis) is 1. The molecule has 0 heterocycles. The maximum atomic E-state index is 14.3. The minimum absolute atomic E-state index is 0.0600. The van der Waals surface area contributed by atoms with E-state index in [4.69, 9.17) is 16.3 Å². The van der Waals surface area contributed by atoms with E-state index in [0.29, 0.717) is 28.3 Å². The molecule has 0 aliphatic carbocycles. The first-order chi connectivity index (χ1) is 19.8. The van der Waals surface area contributed by atoms with Crippen LogP contribution in [0.5, 0.6) is 11.5 Å². The number of aromatic hydroxyl groups is 2. The normalized spacial score (nSPS) is 12.6. The summed E-state index contributed by atoms with van der Waals surface area (Å²) in [5.74, 6) is -1.09. The molecule has 10 heteroatoms. The van der Waals surface area contributed by atoms with Gasteiger partial charge < -0.3 is 30.5 Å². The van der Waals surface area contributed by atoms with E-state index in [9.17, 15) is 24.6 Å². The van der Waals surface area contributed by atoms with E-state index in [-0.39, 0.29) is 24.5 Å². The number of nitrogens with one attached hydrogen (secondary N) is 2. The van der Waals surface area contributed by atoms with Gasteiger partial charge in [0, 0.05) is 13.0 Å². The fourth-order valence-corrected chi connectivity index (χ4v) is 4.74. The molecule has 2 atom stereocenters. The molecule has 0 saturated heterocycles. The number of phenolic OH excluding ortho intramolecular Hbond substituents is 2. The number of ether oxygens (including phenoxy) is 1. The number of rotatable bonds is 10. The van der Waals surface area contributed by atoms with Gasteiger partial charge in [-0.05, 0) is 81.1 Å². The zero-order chi connectivity index (χ0) is 31.0. The van der Waals surface area contributed by atoms with Gasteiger partial charge in [0.15, 0.2) is 0 Å². The zero-order valence-corrected chi connectivity index (χ0v) is 25.2. The summed E-state index contributed by atoms with van der Waals surface area (Å²) < 4.78 is 5.44. The second kappa shape index (κ2) is 14.1. The summed E-state index contributed by atoms with van der Waals surface area (Å²) in [5.41, 5.74) is 1.38. The third-order valence-corrected chi connectivity index (χ3v) is 6.64. The molecule has 9 nitrogen and oxygen atoms in total. The van der Waals surface area contributed by atoms with Crippen LogP contribution in [-0.4, -0.2) is 51.2 Å². The van der Waals surface area contributed by atoms with Gasteiger partial charge in [-0.15, -0.1) is 0 Å². The molecule has 2 unspecified atom stereocenters. The number of benzene rings is 3. The van der Waals surface area contributed by atoms with E-state index in [0.717, 1.165) is 5.56 Å². The third kappa shape index (κ3) is 8.88. The lowest BCUT2D eigenvalue weighted by Gasteiger charge is -2.34. The SMILES string of the molecule is CCCN(C(=O)C(Cc1ccc(O)cc1)NC(=O)OC(C)(C)C)C(C(=O)Nc1c(C)cccc1Cl)c1cccc(O)c1. The molecule has 42 heavy (non-hydrogen) atoms. The Morgan fingerprint density at radius 2 is 1.64 bits per heavy atom.